The van der Waals surface area contributed by atoms with Gasteiger partial charge in [0, 0.05) is 10.9 Å². The first-order chi connectivity index (χ1) is 7.22. The van der Waals surface area contributed by atoms with Crippen molar-refractivity contribution in [1.82, 2.24) is 5.32 Å². The molecule has 0 bridgehead atoms. The van der Waals surface area contributed by atoms with Gasteiger partial charge < -0.3 is 5.32 Å². The average molecular weight is 246 g/mol. The second kappa shape index (κ2) is 7.26. The highest BCUT2D eigenvalue weighted by Gasteiger charge is 2.02. The minimum Gasteiger partial charge on any atom is -0.314 e. The SMILES string of the molecule is CCCNC(C)CCCc1ccc(Cl)s1. The third kappa shape index (κ3) is 5.55. The zero-order valence-corrected chi connectivity index (χ0v) is 11.1. The summed E-state index contributed by atoms with van der Waals surface area (Å²) in [6.45, 7) is 5.59. The van der Waals surface area contributed by atoms with Crippen LogP contribution in [0.25, 0.3) is 0 Å². The number of halogens is 1. The molecule has 0 spiro atoms. The van der Waals surface area contributed by atoms with Crippen LogP contribution in [0.1, 0.15) is 38.0 Å². The molecule has 1 aromatic rings. The van der Waals surface area contributed by atoms with Crippen molar-refractivity contribution in [3.05, 3.63) is 21.3 Å². The third-order valence-corrected chi connectivity index (χ3v) is 3.72. The molecule has 3 heteroatoms. The summed E-state index contributed by atoms with van der Waals surface area (Å²) in [4.78, 5) is 1.41. The fourth-order valence-electron chi connectivity index (χ4n) is 1.56. The van der Waals surface area contributed by atoms with Crippen LogP contribution in [0.5, 0.6) is 0 Å². The van der Waals surface area contributed by atoms with Crippen molar-refractivity contribution >= 4 is 22.9 Å². The summed E-state index contributed by atoms with van der Waals surface area (Å²) in [6.07, 6.45) is 4.87. The quantitative estimate of drug-likeness (QED) is 0.762. The fraction of sp³-hybridized carbons (Fsp3) is 0.667. The largest absolute Gasteiger partial charge is 0.314 e. The molecule has 86 valence electrons. The van der Waals surface area contributed by atoms with Gasteiger partial charge >= 0.3 is 0 Å². The number of hydrogen-bond donors (Lipinski definition) is 1. The van der Waals surface area contributed by atoms with Crippen molar-refractivity contribution in [2.45, 2.75) is 45.6 Å². The van der Waals surface area contributed by atoms with Crippen molar-refractivity contribution in [2.75, 3.05) is 6.54 Å². The van der Waals surface area contributed by atoms with E-state index in [1.807, 2.05) is 6.07 Å². The molecule has 1 unspecified atom stereocenters. The highest BCUT2D eigenvalue weighted by Crippen LogP contribution is 2.22. The van der Waals surface area contributed by atoms with Crippen molar-refractivity contribution in [1.29, 1.82) is 0 Å². The lowest BCUT2D eigenvalue weighted by Gasteiger charge is -2.12. The van der Waals surface area contributed by atoms with Crippen LogP contribution in [0.3, 0.4) is 0 Å². The predicted molar refractivity (Wildman–Crippen MR) is 70.0 cm³/mol. The minimum absolute atomic E-state index is 0.639. The fourth-order valence-corrected chi connectivity index (χ4v) is 2.69. The number of aryl methyl sites for hydroxylation is 1. The van der Waals surface area contributed by atoms with E-state index in [1.54, 1.807) is 11.3 Å². The molecule has 0 saturated heterocycles. The molecule has 0 aliphatic carbocycles. The molecular weight excluding hydrogens is 226 g/mol. The molecule has 0 aliphatic rings. The molecule has 1 heterocycles. The normalized spacial score (nSPS) is 13.0. The summed E-state index contributed by atoms with van der Waals surface area (Å²) in [6, 6.07) is 4.76. The number of rotatable bonds is 7. The molecule has 1 nitrogen and oxygen atoms in total. The maximum Gasteiger partial charge on any atom is 0.0931 e. The predicted octanol–water partition coefficient (Wildman–Crippen LogP) is 4.11. The maximum absolute atomic E-state index is 5.88. The molecule has 1 rings (SSSR count). The third-order valence-electron chi connectivity index (χ3n) is 2.43. The molecular formula is C12H20ClNS. The van der Waals surface area contributed by atoms with Gasteiger partial charge in [-0.2, -0.15) is 0 Å². The molecule has 1 aromatic heterocycles. The van der Waals surface area contributed by atoms with Crippen molar-refractivity contribution in [2.24, 2.45) is 0 Å². The number of thiophene rings is 1. The summed E-state index contributed by atoms with van der Waals surface area (Å²) < 4.78 is 0.905. The van der Waals surface area contributed by atoms with Crippen LogP contribution in [0, 0.1) is 0 Å². The second-order valence-corrected chi connectivity index (χ2v) is 5.75. The number of hydrogen-bond acceptors (Lipinski definition) is 2. The Kier molecular flexibility index (Phi) is 6.30. The Labute approximate surface area is 102 Å². The van der Waals surface area contributed by atoms with Gasteiger partial charge in [0.2, 0.25) is 0 Å². The van der Waals surface area contributed by atoms with Gasteiger partial charge in [0.15, 0.2) is 0 Å². The summed E-state index contributed by atoms with van der Waals surface area (Å²) in [7, 11) is 0. The standard InChI is InChI=1S/C12H20ClNS/c1-3-9-14-10(2)5-4-6-11-7-8-12(13)15-11/h7-8,10,14H,3-6,9H2,1-2H3. The maximum atomic E-state index is 5.88. The van der Waals surface area contributed by atoms with Crippen LogP contribution >= 0.6 is 22.9 Å². The highest BCUT2D eigenvalue weighted by molar-refractivity contribution is 7.16. The van der Waals surface area contributed by atoms with Gasteiger partial charge in [-0.3, -0.25) is 0 Å². The van der Waals surface area contributed by atoms with E-state index in [1.165, 1.54) is 24.1 Å². The Balaban J connectivity index is 2.10. The molecule has 0 amide bonds. The van der Waals surface area contributed by atoms with Crippen LogP contribution in [0.4, 0.5) is 0 Å². The van der Waals surface area contributed by atoms with E-state index in [0.717, 1.165) is 17.3 Å². The van der Waals surface area contributed by atoms with Crippen molar-refractivity contribution < 1.29 is 0 Å². The molecule has 15 heavy (non-hydrogen) atoms. The average Bonchev–Trinajstić information content (AvgIpc) is 2.61. The lowest BCUT2D eigenvalue weighted by molar-refractivity contribution is 0.499. The molecule has 0 aliphatic heterocycles. The van der Waals surface area contributed by atoms with Crippen molar-refractivity contribution in [3.8, 4) is 0 Å². The van der Waals surface area contributed by atoms with Gasteiger partial charge in [-0.1, -0.05) is 18.5 Å². The lowest BCUT2D eigenvalue weighted by Crippen LogP contribution is -2.26. The smallest absolute Gasteiger partial charge is 0.0931 e. The zero-order chi connectivity index (χ0) is 11.1. The Hall–Kier alpha value is -0.0500. The first kappa shape index (κ1) is 13.0. The molecule has 1 N–H and O–H groups in total. The van der Waals surface area contributed by atoms with Crippen LogP contribution in [-0.4, -0.2) is 12.6 Å². The molecule has 0 saturated carbocycles. The summed E-state index contributed by atoms with van der Waals surface area (Å²) in [5.41, 5.74) is 0. The first-order valence-electron chi connectivity index (χ1n) is 5.70. The molecule has 0 fully saturated rings. The van der Waals surface area contributed by atoms with Gasteiger partial charge in [0.25, 0.3) is 0 Å². The van der Waals surface area contributed by atoms with E-state index in [-0.39, 0.29) is 0 Å². The van der Waals surface area contributed by atoms with Crippen LogP contribution in [-0.2, 0) is 6.42 Å². The van der Waals surface area contributed by atoms with Gasteiger partial charge in [-0.05, 0) is 51.3 Å². The van der Waals surface area contributed by atoms with Gasteiger partial charge in [0.05, 0.1) is 4.34 Å². The summed E-state index contributed by atoms with van der Waals surface area (Å²) in [5, 5.41) is 3.50. The minimum atomic E-state index is 0.639. The monoisotopic (exact) mass is 245 g/mol. The second-order valence-electron chi connectivity index (χ2n) is 3.95. The zero-order valence-electron chi connectivity index (χ0n) is 9.55. The first-order valence-corrected chi connectivity index (χ1v) is 6.89. The van der Waals surface area contributed by atoms with Gasteiger partial charge in [-0.25, -0.2) is 0 Å². The summed E-state index contributed by atoms with van der Waals surface area (Å²) >= 11 is 7.58. The van der Waals surface area contributed by atoms with E-state index in [2.05, 4.69) is 25.2 Å². The van der Waals surface area contributed by atoms with Gasteiger partial charge in [-0.15, -0.1) is 11.3 Å². The molecule has 1 atom stereocenters. The van der Waals surface area contributed by atoms with Gasteiger partial charge in [0.1, 0.15) is 0 Å². The van der Waals surface area contributed by atoms with E-state index in [4.69, 9.17) is 11.6 Å². The van der Waals surface area contributed by atoms with Crippen LogP contribution < -0.4 is 5.32 Å². The van der Waals surface area contributed by atoms with E-state index in [0.29, 0.717) is 6.04 Å². The Morgan fingerprint density at radius 1 is 1.47 bits per heavy atom. The van der Waals surface area contributed by atoms with Crippen molar-refractivity contribution in [3.63, 3.8) is 0 Å². The molecule has 0 radical (unpaired) electrons. The van der Waals surface area contributed by atoms with Crippen LogP contribution in [0.15, 0.2) is 12.1 Å². The number of nitrogens with one attached hydrogen (secondary N) is 1. The Bertz CT molecular complexity index is 272. The topological polar surface area (TPSA) is 12.0 Å². The highest BCUT2D eigenvalue weighted by atomic mass is 35.5. The summed E-state index contributed by atoms with van der Waals surface area (Å²) in [5.74, 6) is 0. The lowest BCUT2D eigenvalue weighted by atomic mass is 10.1. The van der Waals surface area contributed by atoms with E-state index < -0.39 is 0 Å². The van der Waals surface area contributed by atoms with E-state index in [9.17, 15) is 0 Å². The Morgan fingerprint density at radius 3 is 2.87 bits per heavy atom. The Morgan fingerprint density at radius 2 is 2.27 bits per heavy atom. The van der Waals surface area contributed by atoms with Crippen LogP contribution in [0.2, 0.25) is 4.34 Å². The molecule has 0 aromatic carbocycles. The van der Waals surface area contributed by atoms with E-state index >= 15 is 0 Å².